The van der Waals surface area contributed by atoms with Crippen LogP contribution in [0.15, 0.2) is 0 Å². The monoisotopic (exact) mass is 302 g/mol. The molecule has 0 aliphatic rings. The largest absolute Gasteiger partial charge is 0.481 e. The second-order valence-electron chi connectivity index (χ2n) is 5.83. The van der Waals surface area contributed by atoms with Crippen LogP contribution in [0.4, 0.5) is 4.79 Å². The average Bonchev–Trinajstić information content (AvgIpc) is 2.37. The van der Waals surface area contributed by atoms with Gasteiger partial charge in [-0.15, -0.1) is 0 Å². The van der Waals surface area contributed by atoms with Crippen molar-refractivity contribution in [1.29, 1.82) is 0 Å². The van der Waals surface area contributed by atoms with E-state index in [9.17, 15) is 9.59 Å². The molecule has 0 saturated carbocycles. The van der Waals surface area contributed by atoms with Crippen LogP contribution in [0.2, 0.25) is 0 Å². The second kappa shape index (κ2) is 11.4. The smallest absolute Gasteiger partial charge is 0.314 e. The lowest BCUT2D eigenvalue weighted by atomic mass is 9.88. The van der Waals surface area contributed by atoms with Crippen molar-refractivity contribution >= 4 is 12.0 Å². The normalized spacial score (nSPS) is 12.5. The number of carboxylic acid groups (broad SMARTS) is 1. The first-order chi connectivity index (χ1) is 9.82. The summed E-state index contributed by atoms with van der Waals surface area (Å²) in [6.07, 6.45) is 1.79. The summed E-state index contributed by atoms with van der Waals surface area (Å²) in [5.41, 5.74) is 0. The zero-order chi connectivity index (χ0) is 16.3. The molecule has 21 heavy (non-hydrogen) atoms. The highest BCUT2D eigenvalue weighted by Crippen LogP contribution is 2.20. The Morgan fingerprint density at radius 3 is 2.19 bits per heavy atom. The van der Waals surface area contributed by atoms with Crippen LogP contribution in [-0.2, 0) is 9.53 Å². The molecular formula is C15H30N2O4. The first kappa shape index (κ1) is 19.7. The standard InChI is InChI=1S/C15H30N2O4/c1-11(2)13(5-6-14(18)19)7-8-16-15(20)17-9-10-21-12(3)4/h11-13H,5-10H2,1-4H3,(H,18,19)(H2,16,17,20). The Morgan fingerprint density at radius 2 is 1.67 bits per heavy atom. The molecule has 1 unspecified atom stereocenters. The summed E-state index contributed by atoms with van der Waals surface area (Å²) in [4.78, 5) is 22.1. The van der Waals surface area contributed by atoms with Crippen LogP contribution in [-0.4, -0.2) is 42.9 Å². The van der Waals surface area contributed by atoms with Crippen LogP contribution < -0.4 is 10.6 Å². The maximum atomic E-state index is 11.5. The number of amides is 2. The minimum atomic E-state index is -0.767. The van der Waals surface area contributed by atoms with E-state index < -0.39 is 5.97 Å². The third kappa shape index (κ3) is 12.2. The number of hydrogen-bond donors (Lipinski definition) is 3. The van der Waals surface area contributed by atoms with Gasteiger partial charge in [0.25, 0.3) is 0 Å². The molecule has 0 heterocycles. The number of hydrogen-bond acceptors (Lipinski definition) is 3. The summed E-state index contributed by atoms with van der Waals surface area (Å²) >= 11 is 0. The van der Waals surface area contributed by atoms with Gasteiger partial charge in [0.15, 0.2) is 0 Å². The number of nitrogens with one attached hydrogen (secondary N) is 2. The van der Waals surface area contributed by atoms with Gasteiger partial charge in [-0.2, -0.15) is 0 Å². The number of ether oxygens (including phenoxy) is 1. The van der Waals surface area contributed by atoms with Crippen LogP contribution in [0, 0.1) is 11.8 Å². The van der Waals surface area contributed by atoms with E-state index in [-0.39, 0.29) is 18.6 Å². The first-order valence-corrected chi connectivity index (χ1v) is 7.68. The van der Waals surface area contributed by atoms with Crippen LogP contribution in [0.3, 0.4) is 0 Å². The van der Waals surface area contributed by atoms with Gasteiger partial charge in [0, 0.05) is 19.5 Å². The van der Waals surface area contributed by atoms with Crippen molar-refractivity contribution in [1.82, 2.24) is 10.6 Å². The van der Waals surface area contributed by atoms with E-state index in [1.165, 1.54) is 0 Å². The van der Waals surface area contributed by atoms with Gasteiger partial charge >= 0.3 is 12.0 Å². The van der Waals surface area contributed by atoms with Gasteiger partial charge in [-0.05, 0) is 38.5 Å². The van der Waals surface area contributed by atoms with Crippen LogP contribution in [0.1, 0.15) is 47.0 Å². The van der Waals surface area contributed by atoms with E-state index >= 15 is 0 Å². The maximum Gasteiger partial charge on any atom is 0.314 e. The number of carboxylic acids is 1. The van der Waals surface area contributed by atoms with Crippen molar-refractivity contribution in [3.8, 4) is 0 Å². The fourth-order valence-electron chi connectivity index (χ4n) is 2.01. The van der Waals surface area contributed by atoms with Gasteiger partial charge < -0.3 is 20.5 Å². The molecule has 0 radical (unpaired) electrons. The van der Waals surface area contributed by atoms with Crippen molar-refractivity contribution in [2.75, 3.05) is 19.7 Å². The predicted molar refractivity (Wildman–Crippen MR) is 82.3 cm³/mol. The zero-order valence-corrected chi connectivity index (χ0v) is 13.6. The molecule has 0 saturated heterocycles. The van der Waals surface area contributed by atoms with Crippen molar-refractivity contribution in [2.24, 2.45) is 11.8 Å². The summed E-state index contributed by atoms with van der Waals surface area (Å²) in [7, 11) is 0. The molecular weight excluding hydrogens is 272 g/mol. The highest BCUT2D eigenvalue weighted by molar-refractivity contribution is 5.73. The molecule has 0 bridgehead atoms. The van der Waals surface area contributed by atoms with Gasteiger partial charge in [0.1, 0.15) is 0 Å². The molecule has 0 spiro atoms. The Labute approximate surface area is 127 Å². The fourth-order valence-corrected chi connectivity index (χ4v) is 2.01. The topological polar surface area (TPSA) is 87.7 Å². The number of rotatable bonds is 11. The third-order valence-electron chi connectivity index (χ3n) is 3.31. The summed E-state index contributed by atoms with van der Waals surface area (Å²) in [6.45, 7) is 9.59. The summed E-state index contributed by atoms with van der Waals surface area (Å²) in [5.74, 6) is -0.0455. The van der Waals surface area contributed by atoms with E-state index in [4.69, 9.17) is 9.84 Å². The van der Waals surface area contributed by atoms with E-state index in [0.717, 1.165) is 6.42 Å². The van der Waals surface area contributed by atoms with Gasteiger partial charge in [0.05, 0.1) is 12.7 Å². The summed E-state index contributed by atoms with van der Waals surface area (Å²) in [5, 5.41) is 14.2. The van der Waals surface area contributed by atoms with E-state index in [2.05, 4.69) is 24.5 Å². The van der Waals surface area contributed by atoms with Gasteiger partial charge in [-0.25, -0.2) is 4.79 Å². The molecule has 0 aromatic rings. The number of carbonyl (C=O) groups is 2. The SMILES string of the molecule is CC(C)OCCNC(=O)NCCC(CCC(=O)O)C(C)C. The third-order valence-corrected chi connectivity index (χ3v) is 3.31. The lowest BCUT2D eigenvalue weighted by Crippen LogP contribution is -2.38. The molecule has 6 heteroatoms. The molecule has 0 aliphatic heterocycles. The lowest BCUT2D eigenvalue weighted by Gasteiger charge is -2.20. The van der Waals surface area contributed by atoms with Gasteiger partial charge in [0.2, 0.25) is 0 Å². The van der Waals surface area contributed by atoms with Crippen molar-refractivity contribution < 1.29 is 19.4 Å². The predicted octanol–water partition coefficient (Wildman–Crippen LogP) is 2.24. The van der Waals surface area contributed by atoms with Crippen LogP contribution >= 0.6 is 0 Å². The quantitative estimate of drug-likeness (QED) is 0.511. The van der Waals surface area contributed by atoms with Crippen LogP contribution in [0.25, 0.3) is 0 Å². The Morgan fingerprint density at radius 1 is 1.05 bits per heavy atom. The number of urea groups is 1. The maximum absolute atomic E-state index is 11.5. The molecule has 3 N–H and O–H groups in total. The average molecular weight is 302 g/mol. The Balaban J connectivity index is 3.77. The lowest BCUT2D eigenvalue weighted by molar-refractivity contribution is -0.137. The highest BCUT2D eigenvalue weighted by Gasteiger charge is 2.15. The van der Waals surface area contributed by atoms with Crippen molar-refractivity contribution in [3.63, 3.8) is 0 Å². The Kier molecular flexibility index (Phi) is 10.7. The van der Waals surface area contributed by atoms with Gasteiger partial charge in [-0.1, -0.05) is 13.8 Å². The highest BCUT2D eigenvalue weighted by atomic mass is 16.5. The first-order valence-electron chi connectivity index (χ1n) is 7.68. The summed E-state index contributed by atoms with van der Waals surface area (Å²) < 4.78 is 5.32. The molecule has 124 valence electrons. The zero-order valence-electron chi connectivity index (χ0n) is 13.6. The number of carbonyl (C=O) groups excluding carboxylic acids is 1. The van der Waals surface area contributed by atoms with E-state index in [0.29, 0.717) is 38.0 Å². The van der Waals surface area contributed by atoms with Crippen molar-refractivity contribution in [3.05, 3.63) is 0 Å². The molecule has 1 atom stereocenters. The molecule has 0 aromatic heterocycles. The minimum Gasteiger partial charge on any atom is -0.481 e. The Bertz CT molecular complexity index is 306. The van der Waals surface area contributed by atoms with Crippen LogP contribution in [0.5, 0.6) is 0 Å². The molecule has 0 aromatic carbocycles. The molecule has 2 amide bonds. The minimum absolute atomic E-state index is 0.163. The molecule has 0 aliphatic carbocycles. The molecule has 0 rings (SSSR count). The van der Waals surface area contributed by atoms with Crippen molar-refractivity contribution in [2.45, 2.75) is 53.1 Å². The second-order valence-corrected chi connectivity index (χ2v) is 5.83. The number of aliphatic carboxylic acids is 1. The molecule has 6 nitrogen and oxygen atoms in total. The fraction of sp³-hybridized carbons (Fsp3) is 0.867. The van der Waals surface area contributed by atoms with Gasteiger partial charge in [-0.3, -0.25) is 4.79 Å². The Hall–Kier alpha value is -1.30. The van der Waals surface area contributed by atoms with E-state index in [1.807, 2.05) is 13.8 Å². The van der Waals surface area contributed by atoms with E-state index in [1.54, 1.807) is 0 Å². The summed E-state index contributed by atoms with van der Waals surface area (Å²) in [6, 6.07) is -0.205. The molecule has 0 fully saturated rings.